The molecule has 4 heteroatoms. The lowest BCUT2D eigenvalue weighted by atomic mass is 10.1. The number of carbonyl (C=O) groups is 1. The minimum absolute atomic E-state index is 0.0344. The topological polar surface area (TPSA) is 33.2 Å². The van der Waals surface area contributed by atoms with Crippen LogP contribution in [-0.2, 0) is 11.3 Å². The van der Waals surface area contributed by atoms with Crippen molar-refractivity contribution in [1.29, 1.82) is 0 Å². The second kappa shape index (κ2) is 6.66. The Bertz CT molecular complexity index is 680. The van der Waals surface area contributed by atoms with Crippen molar-refractivity contribution >= 4 is 28.4 Å². The fourth-order valence-corrected chi connectivity index (χ4v) is 3.58. The number of nitrogens with zero attached hydrogens (tertiary/aromatic N) is 2. The molecule has 1 amide bonds. The predicted molar refractivity (Wildman–Crippen MR) is 90.0 cm³/mol. The quantitative estimate of drug-likeness (QED) is 0.797. The fraction of sp³-hybridized carbons (Fsp3) is 0.444. The van der Waals surface area contributed by atoms with Gasteiger partial charge in [0.05, 0.1) is 5.52 Å². The van der Waals surface area contributed by atoms with Gasteiger partial charge < -0.3 is 4.90 Å². The average molecular weight is 317 g/mol. The Morgan fingerprint density at radius 3 is 2.77 bits per heavy atom. The predicted octanol–water partition coefficient (Wildman–Crippen LogP) is 4.05. The van der Waals surface area contributed by atoms with Crippen molar-refractivity contribution < 1.29 is 4.79 Å². The van der Waals surface area contributed by atoms with Gasteiger partial charge in [0.2, 0.25) is 5.91 Å². The van der Waals surface area contributed by atoms with Gasteiger partial charge in [-0.2, -0.15) is 0 Å². The molecule has 1 fully saturated rings. The van der Waals surface area contributed by atoms with Crippen LogP contribution in [0.25, 0.3) is 10.9 Å². The maximum absolute atomic E-state index is 12.3. The van der Waals surface area contributed by atoms with Crippen LogP contribution in [0.1, 0.15) is 36.9 Å². The molecule has 1 aliphatic rings. The Morgan fingerprint density at radius 1 is 1.32 bits per heavy atom. The van der Waals surface area contributed by atoms with Crippen LogP contribution in [-0.4, -0.2) is 27.7 Å². The Labute approximate surface area is 136 Å². The number of aryl methyl sites for hydroxylation is 1. The summed E-state index contributed by atoms with van der Waals surface area (Å²) in [6.45, 7) is 2.62. The molecule has 0 spiro atoms. The van der Waals surface area contributed by atoms with E-state index in [0.717, 1.165) is 35.0 Å². The molecule has 0 unspecified atom stereocenters. The smallest absolute Gasteiger partial charge is 0.238 e. The number of halogens is 1. The monoisotopic (exact) mass is 316 g/mol. The van der Waals surface area contributed by atoms with Crippen LogP contribution in [0, 0.1) is 6.92 Å². The van der Waals surface area contributed by atoms with E-state index in [4.69, 9.17) is 11.6 Å². The number of hydrogen-bond donors (Lipinski definition) is 0. The second-order valence-electron chi connectivity index (χ2n) is 6.03. The van der Waals surface area contributed by atoms with E-state index in [9.17, 15) is 4.79 Å². The summed E-state index contributed by atoms with van der Waals surface area (Å²) in [4.78, 5) is 18.9. The maximum Gasteiger partial charge on any atom is 0.238 e. The average Bonchev–Trinajstić information content (AvgIpc) is 3.05. The van der Waals surface area contributed by atoms with Crippen molar-refractivity contribution in [3.8, 4) is 0 Å². The molecular weight excluding hydrogens is 296 g/mol. The molecule has 0 aliphatic heterocycles. The van der Waals surface area contributed by atoms with Crippen molar-refractivity contribution in [2.45, 2.75) is 45.2 Å². The van der Waals surface area contributed by atoms with Crippen LogP contribution in [0.5, 0.6) is 0 Å². The van der Waals surface area contributed by atoms with Crippen LogP contribution in [0.3, 0.4) is 0 Å². The Hall–Kier alpha value is -1.61. The number of carbonyl (C=O) groups excluding carboxylic acids is 1. The van der Waals surface area contributed by atoms with E-state index in [1.54, 1.807) is 0 Å². The number of aromatic nitrogens is 1. The van der Waals surface area contributed by atoms with Crippen molar-refractivity contribution in [3.63, 3.8) is 0 Å². The van der Waals surface area contributed by atoms with Crippen molar-refractivity contribution in [3.05, 3.63) is 41.6 Å². The summed E-state index contributed by atoms with van der Waals surface area (Å²) < 4.78 is 0. The first-order valence-corrected chi connectivity index (χ1v) is 8.43. The number of para-hydroxylation sites is 1. The molecule has 0 N–H and O–H groups in total. The Kier molecular flexibility index (Phi) is 4.63. The van der Waals surface area contributed by atoms with Crippen LogP contribution < -0.4 is 0 Å². The molecular formula is C18H21ClN2O. The number of hydrogen-bond acceptors (Lipinski definition) is 2. The third kappa shape index (κ3) is 3.09. The summed E-state index contributed by atoms with van der Waals surface area (Å²) in [5.41, 5.74) is 3.13. The normalized spacial score (nSPS) is 15.4. The summed E-state index contributed by atoms with van der Waals surface area (Å²) in [6.07, 6.45) is 4.58. The first kappa shape index (κ1) is 15.3. The summed E-state index contributed by atoms with van der Waals surface area (Å²) in [6, 6.07) is 10.5. The highest BCUT2D eigenvalue weighted by atomic mass is 35.5. The Balaban J connectivity index is 1.96. The lowest BCUT2D eigenvalue weighted by molar-refractivity contribution is -0.131. The standard InChI is InChI=1S/C18H21ClN2O/c1-13-10-14(16-8-4-5-9-17(16)20-13)12-21(18(22)11-19)15-6-2-3-7-15/h4-5,8-10,15H,2-3,6-7,11-12H2,1H3. The van der Waals surface area contributed by atoms with Gasteiger partial charge in [-0.15, -0.1) is 11.6 Å². The summed E-state index contributed by atoms with van der Waals surface area (Å²) in [7, 11) is 0. The van der Waals surface area contributed by atoms with E-state index in [0.29, 0.717) is 12.6 Å². The molecule has 3 nitrogen and oxygen atoms in total. The van der Waals surface area contributed by atoms with E-state index in [2.05, 4.69) is 17.1 Å². The highest BCUT2D eigenvalue weighted by molar-refractivity contribution is 6.27. The minimum atomic E-state index is 0.0344. The number of rotatable bonds is 4. The van der Waals surface area contributed by atoms with Gasteiger partial charge >= 0.3 is 0 Å². The van der Waals surface area contributed by atoms with Gasteiger partial charge in [-0.3, -0.25) is 9.78 Å². The molecule has 1 aromatic carbocycles. The summed E-state index contributed by atoms with van der Waals surface area (Å²) in [5.74, 6) is 0.0884. The summed E-state index contributed by atoms with van der Waals surface area (Å²) in [5, 5.41) is 1.12. The molecule has 0 bridgehead atoms. The van der Waals surface area contributed by atoms with Crippen molar-refractivity contribution in [2.24, 2.45) is 0 Å². The minimum Gasteiger partial charge on any atom is -0.334 e. The molecule has 0 atom stereocenters. The van der Waals surface area contributed by atoms with Gasteiger partial charge in [0.25, 0.3) is 0 Å². The fourth-order valence-electron chi connectivity index (χ4n) is 3.42. The molecule has 116 valence electrons. The van der Waals surface area contributed by atoms with E-state index in [1.165, 1.54) is 12.8 Å². The van der Waals surface area contributed by atoms with Gasteiger partial charge in [-0.05, 0) is 37.5 Å². The molecule has 1 heterocycles. The first-order valence-electron chi connectivity index (χ1n) is 7.89. The zero-order valence-corrected chi connectivity index (χ0v) is 13.6. The molecule has 0 radical (unpaired) electrons. The highest BCUT2D eigenvalue weighted by Crippen LogP contribution is 2.27. The Morgan fingerprint density at radius 2 is 2.05 bits per heavy atom. The summed E-state index contributed by atoms with van der Waals surface area (Å²) >= 11 is 5.84. The van der Waals surface area contributed by atoms with E-state index in [1.807, 2.05) is 30.0 Å². The van der Waals surface area contributed by atoms with Crippen LogP contribution in [0.2, 0.25) is 0 Å². The van der Waals surface area contributed by atoms with Crippen LogP contribution in [0.15, 0.2) is 30.3 Å². The zero-order valence-electron chi connectivity index (χ0n) is 12.9. The van der Waals surface area contributed by atoms with E-state index in [-0.39, 0.29) is 11.8 Å². The second-order valence-corrected chi connectivity index (χ2v) is 6.30. The maximum atomic E-state index is 12.3. The van der Waals surface area contributed by atoms with Gasteiger partial charge in [0, 0.05) is 23.7 Å². The molecule has 22 heavy (non-hydrogen) atoms. The van der Waals surface area contributed by atoms with Crippen LogP contribution in [0.4, 0.5) is 0 Å². The lowest BCUT2D eigenvalue weighted by Crippen LogP contribution is -2.39. The molecule has 1 aliphatic carbocycles. The number of amides is 1. The molecule has 2 aromatic rings. The van der Waals surface area contributed by atoms with Gasteiger partial charge in [-0.1, -0.05) is 31.0 Å². The van der Waals surface area contributed by atoms with E-state index < -0.39 is 0 Å². The SMILES string of the molecule is Cc1cc(CN(C(=O)CCl)C2CCCC2)c2ccccc2n1. The first-order chi connectivity index (χ1) is 10.7. The molecule has 0 saturated heterocycles. The molecule has 3 rings (SSSR count). The third-order valence-electron chi connectivity index (χ3n) is 4.47. The molecule has 1 aromatic heterocycles. The number of alkyl halides is 1. The van der Waals surface area contributed by atoms with Gasteiger partial charge in [0.1, 0.15) is 5.88 Å². The van der Waals surface area contributed by atoms with Gasteiger partial charge in [0.15, 0.2) is 0 Å². The van der Waals surface area contributed by atoms with E-state index >= 15 is 0 Å². The van der Waals surface area contributed by atoms with Crippen molar-refractivity contribution in [2.75, 3.05) is 5.88 Å². The largest absolute Gasteiger partial charge is 0.334 e. The lowest BCUT2D eigenvalue weighted by Gasteiger charge is -2.29. The number of pyridine rings is 1. The third-order valence-corrected chi connectivity index (χ3v) is 4.70. The van der Waals surface area contributed by atoms with Crippen LogP contribution >= 0.6 is 11.6 Å². The number of fused-ring (bicyclic) bond motifs is 1. The molecule has 1 saturated carbocycles. The highest BCUT2D eigenvalue weighted by Gasteiger charge is 2.26. The van der Waals surface area contributed by atoms with Gasteiger partial charge in [-0.25, -0.2) is 0 Å². The number of benzene rings is 1. The zero-order chi connectivity index (χ0) is 15.5. The van der Waals surface area contributed by atoms with Crippen molar-refractivity contribution in [1.82, 2.24) is 9.88 Å².